The quantitative estimate of drug-likeness (QED) is 0.559. The highest BCUT2D eigenvalue weighted by atomic mass is 16.5. The molecule has 0 heterocycles. The molecule has 0 aromatic heterocycles. The number of hydrogen-bond acceptors (Lipinski definition) is 3. The summed E-state index contributed by atoms with van der Waals surface area (Å²) in [6, 6.07) is 10.5. The fraction of sp³-hybridized carbons (Fsp3) is 0.724. The minimum atomic E-state index is 0.122. The summed E-state index contributed by atoms with van der Waals surface area (Å²) >= 11 is 0. The number of nitrogens with one attached hydrogen (secondary N) is 1. The SMILES string of the molecule is C[C@H](COCc1ccccc1)[C@H]1CC[C@H]2[C@@H]3CCC4C(=N)C(=O)CC[C@]4(C)[C@H]3CC[C@]12C. The number of fused-ring (bicyclic) bond motifs is 5. The minimum Gasteiger partial charge on any atom is -0.376 e. The zero-order chi connectivity index (χ0) is 22.5. The van der Waals surface area contributed by atoms with E-state index in [2.05, 4.69) is 51.1 Å². The molecule has 4 fully saturated rings. The van der Waals surface area contributed by atoms with Crippen LogP contribution in [-0.4, -0.2) is 18.1 Å². The van der Waals surface area contributed by atoms with Crippen molar-refractivity contribution in [1.82, 2.24) is 0 Å². The van der Waals surface area contributed by atoms with Gasteiger partial charge >= 0.3 is 0 Å². The van der Waals surface area contributed by atoms with Crippen molar-refractivity contribution < 1.29 is 9.53 Å². The first-order chi connectivity index (χ1) is 15.3. The third-order valence-corrected chi connectivity index (χ3v) is 10.7. The zero-order valence-electron chi connectivity index (χ0n) is 20.2. The molecule has 0 amide bonds. The van der Waals surface area contributed by atoms with Crippen LogP contribution in [0.5, 0.6) is 0 Å². The number of hydrogen-bond donors (Lipinski definition) is 1. The third-order valence-electron chi connectivity index (χ3n) is 10.7. The van der Waals surface area contributed by atoms with Gasteiger partial charge in [0, 0.05) is 18.9 Å². The van der Waals surface area contributed by atoms with Crippen LogP contribution in [0, 0.1) is 51.7 Å². The molecular formula is C29H41NO2. The van der Waals surface area contributed by atoms with Crippen LogP contribution in [-0.2, 0) is 16.1 Å². The molecule has 8 atom stereocenters. The van der Waals surface area contributed by atoms with Gasteiger partial charge in [0.25, 0.3) is 0 Å². The summed E-state index contributed by atoms with van der Waals surface area (Å²) in [6.07, 6.45) is 9.22. The number of carbonyl (C=O) groups is 1. The Balaban J connectivity index is 1.26. The monoisotopic (exact) mass is 435 g/mol. The van der Waals surface area contributed by atoms with E-state index in [-0.39, 0.29) is 17.1 Å². The topological polar surface area (TPSA) is 50.1 Å². The third kappa shape index (κ3) is 3.50. The summed E-state index contributed by atoms with van der Waals surface area (Å²) in [5.74, 6) is 3.99. The normalized spacial score (nSPS) is 42.2. The smallest absolute Gasteiger partial charge is 0.176 e. The Morgan fingerprint density at radius 3 is 2.53 bits per heavy atom. The first-order valence-corrected chi connectivity index (χ1v) is 13.1. The molecule has 4 aliphatic rings. The molecule has 1 N–H and O–H groups in total. The second-order valence-corrected chi connectivity index (χ2v) is 12.1. The van der Waals surface area contributed by atoms with Gasteiger partial charge in [-0.25, -0.2) is 0 Å². The summed E-state index contributed by atoms with van der Waals surface area (Å²) in [5.41, 5.74) is 2.33. The minimum absolute atomic E-state index is 0.122. The van der Waals surface area contributed by atoms with Gasteiger partial charge in [0.2, 0.25) is 0 Å². The van der Waals surface area contributed by atoms with Crippen LogP contribution >= 0.6 is 0 Å². The van der Waals surface area contributed by atoms with Crippen LogP contribution in [0.3, 0.4) is 0 Å². The van der Waals surface area contributed by atoms with Gasteiger partial charge in [0.15, 0.2) is 5.78 Å². The van der Waals surface area contributed by atoms with E-state index in [1.54, 1.807) is 0 Å². The summed E-state index contributed by atoms with van der Waals surface area (Å²) in [5, 5.41) is 8.49. The maximum Gasteiger partial charge on any atom is 0.176 e. The average molecular weight is 436 g/mol. The van der Waals surface area contributed by atoms with Crippen molar-refractivity contribution in [2.45, 2.75) is 78.7 Å². The Morgan fingerprint density at radius 2 is 1.75 bits per heavy atom. The van der Waals surface area contributed by atoms with Crippen LogP contribution in [0.15, 0.2) is 30.3 Å². The van der Waals surface area contributed by atoms with Gasteiger partial charge in [0.1, 0.15) is 0 Å². The van der Waals surface area contributed by atoms with E-state index >= 15 is 0 Å². The number of ketones is 1. The number of ether oxygens (including phenoxy) is 1. The lowest BCUT2D eigenvalue weighted by atomic mass is 9.44. The summed E-state index contributed by atoms with van der Waals surface area (Å²) in [6.45, 7) is 9.02. The van der Waals surface area contributed by atoms with E-state index in [0.717, 1.165) is 37.2 Å². The molecule has 0 radical (unpaired) electrons. The van der Waals surface area contributed by atoms with E-state index < -0.39 is 0 Å². The van der Waals surface area contributed by atoms with Crippen LogP contribution in [0.2, 0.25) is 0 Å². The molecule has 174 valence electrons. The van der Waals surface area contributed by atoms with E-state index in [1.165, 1.54) is 37.7 Å². The number of Topliss-reactive ketones (excluding diaryl/α,β-unsaturated/α-hetero) is 1. The van der Waals surface area contributed by atoms with Crippen molar-refractivity contribution in [3.63, 3.8) is 0 Å². The number of benzene rings is 1. The first kappa shape index (κ1) is 22.3. The predicted octanol–water partition coefficient (Wildman–Crippen LogP) is 6.70. The molecular weight excluding hydrogens is 394 g/mol. The maximum atomic E-state index is 12.2. The van der Waals surface area contributed by atoms with Gasteiger partial charge < -0.3 is 10.1 Å². The first-order valence-electron chi connectivity index (χ1n) is 13.1. The van der Waals surface area contributed by atoms with E-state index in [9.17, 15) is 4.79 Å². The highest BCUT2D eigenvalue weighted by Crippen LogP contribution is 2.67. The van der Waals surface area contributed by atoms with Crippen molar-refractivity contribution in [3.05, 3.63) is 35.9 Å². The fourth-order valence-electron chi connectivity index (χ4n) is 9.03. The van der Waals surface area contributed by atoms with Gasteiger partial charge in [-0.05, 0) is 90.9 Å². The second-order valence-electron chi connectivity index (χ2n) is 12.1. The molecule has 0 aliphatic heterocycles. The Morgan fingerprint density at radius 1 is 1.00 bits per heavy atom. The standard InChI is InChI=1S/C29H41NO2/c1-19(17-32-18-20-7-5-4-6-8-20)22-11-12-23-21-9-10-25-27(30)26(31)14-16-29(25,3)24(21)13-15-28(22,23)2/h4-8,19,21-25,30H,9-18H2,1-3H3/t19-,21+,22-,23+,24+,25?,28-,29-/m1/s1. The lowest BCUT2D eigenvalue weighted by Crippen LogP contribution is -2.56. The Bertz CT molecular complexity index is 865. The van der Waals surface area contributed by atoms with Crippen molar-refractivity contribution in [1.29, 1.82) is 5.41 Å². The molecule has 0 spiro atoms. The van der Waals surface area contributed by atoms with Crippen molar-refractivity contribution in [3.8, 4) is 0 Å². The highest BCUT2D eigenvalue weighted by molar-refractivity contribution is 6.40. The number of rotatable bonds is 5. The Hall–Kier alpha value is -1.48. The molecule has 1 aromatic carbocycles. The molecule has 0 bridgehead atoms. The van der Waals surface area contributed by atoms with Gasteiger partial charge in [-0.15, -0.1) is 0 Å². The highest BCUT2D eigenvalue weighted by Gasteiger charge is 2.61. The lowest BCUT2D eigenvalue weighted by molar-refractivity contribution is -0.123. The van der Waals surface area contributed by atoms with Crippen molar-refractivity contribution >= 4 is 11.5 Å². The molecule has 3 heteroatoms. The number of carbonyl (C=O) groups excluding carboxylic acids is 1. The van der Waals surface area contributed by atoms with Gasteiger partial charge in [-0.1, -0.05) is 51.1 Å². The molecule has 1 aromatic rings. The fourth-order valence-corrected chi connectivity index (χ4v) is 9.03. The van der Waals surface area contributed by atoms with Crippen molar-refractivity contribution in [2.24, 2.45) is 46.3 Å². The van der Waals surface area contributed by atoms with Crippen LogP contribution in [0.1, 0.15) is 77.7 Å². The van der Waals surface area contributed by atoms with E-state index in [0.29, 0.717) is 36.0 Å². The molecule has 5 rings (SSSR count). The molecule has 4 saturated carbocycles. The summed E-state index contributed by atoms with van der Waals surface area (Å²) in [7, 11) is 0. The Kier molecular flexibility index (Phi) is 5.85. The molecule has 1 unspecified atom stereocenters. The predicted molar refractivity (Wildman–Crippen MR) is 129 cm³/mol. The van der Waals surface area contributed by atoms with Crippen molar-refractivity contribution in [2.75, 3.05) is 6.61 Å². The van der Waals surface area contributed by atoms with E-state index in [1.807, 2.05) is 0 Å². The summed E-state index contributed by atoms with van der Waals surface area (Å²) in [4.78, 5) is 12.2. The Labute approximate surface area is 194 Å². The van der Waals surface area contributed by atoms with Crippen LogP contribution in [0.4, 0.5) is 0 Å². The van der Waals surface area contributed by atoms with Gasteiger partial charge in [-0.3, -0.25) is 4.79 Å². The van der Waals surface area contributed by atoms with Crippen LogP contribution in [0.25, 0.3) is 0 Å². The molecule has 4 aliphatic carbocycles. The van der Waals surface area contributed by atoms with Gasteiger partial charge in [-0.2, -0.15) is 0 Å². The van der Waals surface area contributed by atoms with E-state index in [4.69, 9.17) is 10.1 Å². The maximum absolute atomic E-state index is 12.2. The average Bonchev–Trinajstić information content (AvgIpc) is 3.15. The molecule has 32 heavy (non-hydrogen) atoms. The molecule has 3 nitrogen and oxygen atoms in total. The molecule has 0 saturated heterocycles. The largest absolute Gasteiger partial charge is 0.376 e. The zero-order valence-corrected chi connectivity index (χ0v) is 20.2. The van der Waals surface area contributed by atoms with Crippen LogP contribution < -0.4 is 0 Å². The second kappa shape index (κ2) is 8.38. The van der Waals surface area contributed by atoms with Gasteiger partial charge in [0.05, 0.1) is 12.3 Å². The lowest BCUT2D eigenvalue weighted by Gasteiger charge is -2.60. The summed E-state index contributed by atoms with van der Waals surface area (Å²) < 4.78 is 6.18.